The number of nitrogens with zero attached hydrogens (tertiary/aromatic N) is 4. The second kappa shape index (κ2) is 10.8. The average molecular weight is 548 g/mol. The maximum Gasteiger partial charge on any atom is 0.573 e. The van der Waals surface area contributed by atoms with Crippen LogP contribution < -0.4 is 26.1 Å². The minimum atomic E-state index is -4.75. The van der Waals surface area contributed by atoms with E-state index in [0.717, 1.165) is 70.2 Å². The Morgan fingerprint density at radius 1 is 1.02 bits per heavy atom. The number of aromatic nitrogens is 3. The lowest BCUT2D eigenvalue weighted by molar-refractivity contribution is -0.274. The molecule has 40 heavy (non-hydrogen) atoms. The van der Waals surface area contributed by atoms with Crippen LogP contribution in [0.3, 0.4) is 0 Å². The normalized spacial score (nSPS) is 16.2. The number of rotatable bonds is 5. The van der Waals surface area contributed by atoms with Crippen LogP contribution in [-0.2, 0) is 4.74 Å². The average Bonchev–Trinajstić information content (AvgIpc) is 2.94. The van der Waals surface area contributed by atoms with Crippen LogP contribution in [0.15, 0.2) is 59.7 Å². The third-order valence-corrected chi connectivity index (χ3v) is 6.95. The van der Waals surface area contributed by atoms with Crippen molar-refractivity contribution in [2.45, 2.75) is 45.0 Å². The minimum Gasteiger partial charge on any atom is -0.406 e. The number of hydrogen-bond donors (Lipinski definition) is 1. The molecule has 0 atom stereocenters. The summed E-state index contributed by atoms with van der Waals surface area (Å²) < 4.78 is 50.0. The molecule has 1 N–H and O–H groups in total. The number of aryl methyl sites for hydroxylation is 1. The van der Waals surface area contributed by atoms with E-state index in [4.69, 9.17) is 14.7 Å². The van der Waals surface area contributed by atoms with Crippen molar-refractivity contribution in [3.63, 3.8) is 0 Å². The number of ether oxygens (including phenoxy) is 2. The van der Waals surface area contributed by atoms with Gasteiger partial charge in [0.1, 0.15) is 5.75 Å². The van der Waals surface area contributed by atoms with Gasteiger partial charge in [-0.05, 0) is 81.1 Å². The Morgan fingerprint density at radius 2 is 1.80 bits per heavy atom. The summed E-state index contributed by atoms with van der Waals surface area (Å²) in [4.78, 5) is 14.5. The van der Waals surface area contributed by atoms with Gasteiger partial charge < -0.3 is 19.4 Å². The minimum absolute atomic E-state index is 0.112. The van der Waals surface area contributed by atoms with Gasteiger partial charge in [0.15, 0.2) is 0 Å². The van der Waals surface area contributed by atoms with Crippen LogP contribution in [0.25, 0.3) is 29.2 Å². The summed E-state index contributed by atoms with van der Waals surface area (Å²) in [6.07, 6.45) is 4.59. The van der Waals surface area contributed by atoms with Gasteiger partial charge in [-0.1, -0.05) is 12.2 Å². The molecule has 10 heteroatoms. The first kappa shape index (κ1) is 26.1. The highest BCUT2D eigenvalue weighted by atomic mass is 19.4. The van der Waals surface area contributed by atoms with Gasteiger partial charge in [0.25, 0.3) is 0 Å². The quantitative estimate of drug-likeness (QED) is 0.390. The largest absolute Gasteiger partial charge is 0.573 e. The SMILES string of the molecule is Cc1ccc(Nc2cc3nc4c(n(-c5ccc(OC(F)(F)F)cc5)c-3cc2=NC2CCOCC2)=CCCC=4)cn1. The lowest BCUT2D eigenvalue weighted by Crippen LogP contribution is -2.40. The number of nitrogens with one attached hydrogen (secondary N) is 1. The van der Waals surface area contributed by atoms with Gasteiger partial charge >= 0.3 is 6.36 Å². The van der Waals surface area contributed by atoms with E-state index >= 15 is 0 Å². The van der Waals surface area contributed by atoms with E-state index in [-0.39, 0.29) is 11.8 Å². The predicted molar refractivity (Wildman–Crippen MR) is 146 cm³/mol. The maximum atomic E-state index is 12.8. The Bertz CT molecular complexity index is 1670. The number of benzene rings is 2. The number of pyridine rings is 1. The van der Waals surface area contributed by atoms with Crippen molar-refractivity contribution < 1.29 is 22.6 Å². The zero-order chi connectivity index (χ0) is 27.7. The highest BCUT2D eigenvalue weighted by Gasteiger charge is 2.31. The molecule has 0 spiro atoms. The molecule has 2 aromatic rings. The Hall–Kier alpha value is -4.18. The van der Waals surface area contributed by atoms with Gasteiger partial charge in [0, 0.05) is 24.6 Å². The molecule has 2 aliphatic heterocycles. The summed E-state index contributed by atoms with van der Waals surface area (Å²) >= 11 is 0. The summed E-state index contributed by atoms with van der Waals surface area (Å²) in [6, 6.07) is 13.9. The highest BCUT2D eigenvalue weighted by molar-refractivity contribution is 5.70. The number of hydrogen-bond acceptors (Lipinski definition) is 6. The van der Waals surface area contributed by atoms with Crippen LogP contribution >= 0.6 is 0 Å². The summed E-state index contributed by atoms with van der Waals surface area (Å²) in [5.74, 6) is -0.270. The van der Waals surface area contributed by atoms with Gasteiger partial charge in [-0.3, -0.25) is 9.98 Å². The van der Waals surface area contributed by atoms with Crippen molar-refractivity contribution in [2.75, 3.05) is 18.5 Å². The van der Waals surface area contributed by atoms with E-state index in [1.165, 1.54) is 12.1 Å². The van der Waals surface area contributed by atoms with E-state index in [0.29, 0.717) is 18.9 Å². The molecule has 0 bridgehead atoms. The Morgan fingerprint density at radius 3 is 2.52 bits per heavy atom. The summed E-state index contributed by atoms with van der Waals surface area (Å²) in [7, 11) is 0. The molecule has 1 saturated heterocycles. The molecule has 2 aliphatic carbocycles. The molecule has 3 heterocycles. The van der Waals surface area contributed by atoms with Crippen LogP contribution in [0.5, 0.6) is 5.75 Å². The van der Waals surface area contributed by atoms with E-state index in [9.17, 15) is 13.2 Å². The molecular weight excluding hydrogens is 519 g/mol. The highest BCUT2D eigenvalue weighted by Crippen LogP contribution is 2.27. The van der Waals surface area contributed by atoms with Crippen LogP contribution in [0.4, 0.5) is 24.5 Å². The molecule has 7 nitrogen and oxygen atoms in total. The van der Waals surface area contributed by atoms with E-state index in [1.54, 1.807) is 18.3 Å². The van der Waals surface area contributed by atoms with Crippen molar-refractivity contribution in [1.82, 2.24) is 14.5 Å². The number of halogens is 3. The van der Waals surface area contributed by atoms with Gasteiger partial charge in [-0.2, -0.15) is 0 Å². The maximum absolute atomic E-state index is 12.8. The van der Waals surface area contributed by atoms with Gasteiger partial charge in [0.05, 0.1) is 51.1 Å². The van der Waals surface area contributed by atoms with Gasteiger partial charge in [0.2, 0.25) is 0 Å². The first-order valence-corrected chi connectivity index (χ1v) is 13.3. The van der Waals surface area contributed by atoms with E-state index in [2.05, 4.69) is 27.2 Å². The summed E-state index contributed by atoms with van der Waals surface area (Å²) in [6.45, 7) is 3.27. The van der Waals surface area contributed by atoms with Crippen LogP contribution in [0.2, 0.25) is 0 Å². The lowest BCUT2D eigenvalue weighted by Gasteiger charge is -2.22. The number of anilines is 2. The monoisotopic (exact) mass is 547 g/mol. The first-order valence-electron chi connectivity index (χ1n) is 13.3. The molecule has 206 valence electrons. The Labute approximate surface area is 228 Å². The van der Waals surface area contributed by atoms with E-state index in [1.807, 2.05) is 35.8 Å². The first-order chi connectivity index (χ1) is 19.3. The molecule has 6 rings (SSSR count). The van der Waals surface area contributed by atoms with Crippen LogP contribution in [0, 0.1) is 6.92 Å². The molecule has 0 saturated carbocycles. The smallest absolute Gasteiger partial charge is 0.406 e. The fourth-order valence-electron chi connectivity index (χ4n) is 5.04. The summed E-state index contributed by atoms with van der Waals surface area (Å²) in [5, 5.41) is 5.96. The van der Waals surface area contributed by atoms with Crippen molar-refractivity contribution >= 4 is 23.5 Å². The molecule has 1 aromatic carbocycles. The molecule has 0 radical (unpaired) electrons. The second-order valence-corrected chi connectivity index (χ2v) is 9.89. The molecule has 4 aliphatic rings. The standard InChI is InChI=1S/C30H28F3N5O2/c1-19-6-7-21(18-34-19)36-25-16-27-29(17-26(25)35-20-12-14-39-15-13-20)38(28-5-3-2-4-24(28)37-27)22-8-10-23(11-9-22)40-30(31,32)33/h4-11,16-18,20,36H,2-3,12-15H2,1H3. The van der Waals surface area contributed by atoms with Crippen molar-refractivity contribution in [3.05, 3.63) is 76.5 Å². The predicted octanol–water partition coefficient (Wildman–Crippen LogP) is 4.76. The van der Waals surface area contributed by atoms with Crippen LogP contribution in [-0.4, -0.2) is 40.2 Å². The van der Waals surface area contributed by atoms with Gasteiger partial charge in [-0.15, -0.1) is 13.2 Å². The molecule has 1 fully saturated rings. The van der Waals surface area contributed by atoms with Crippen LogP contribution in [0.1, 0.15) is 31.4 Å². The van der Waals surface area contributed by atoms with Crippen molar-refractivity contribution in [1.29, 1.82) is 0 Å². The second-order valence-electron chi connectivity index (χ2n) is 9.89. The Balaban J connectivity index is 1.55. The van der Waals surface area contributed by atoms with Crippen molar-refractivity contribution in [3.8, 4) is 22.8 Å². The Kier molecular flexibility index (Phi) is 7.02. The lowest BCUT2D eigenvalue weighted by atomic mass is 10.1. The van der Waals surface area contributed by atoms with Crippen molar-refractivity contribution in [2.24, 2.45) is 4.99 Å². The molecule has 1 aromatic heterocycles. The summed E-state index contributed by atoms with van der Waals surface area (Å²) in [5.41, 5.74) is 4.79. The van der Waals surface area contributed by atoms with E-state index < -0.39 is 6.36 Å². The molecule has 0 amide bonds. The zero-order valence-corrected chi connectivity index (χ0v) is 21.9. The fourth-order valence-corrected chi connectivity index (χ4v) is 5.04. The third kappa shape index (κ3) is 5.72. The third-order valence-electron chi connectivity index (χ3n) is 6.95. The fraction of sp³-hybridized carbons (Fsp3) is 0.300. The number of alkyl halides is 3. The molecule has 0 unspecified atom stereocenters. The molecular formula is C30H28F3N5O2. The zero-order valence-electron chi connectivity index (χ0n) is 21.9. The number of fused-ring (bicyclic) bond motifs is 2. The van der Waals surface area contributed by atoms with Gasteiger partial charge in [-0.25, -0.2) is 4.98 Å². The topological polar surface area (TPSA) is 73.6 Å².